The first-order valence-corrected chi connectivity index (χ1v) is 14.0. The van der Waals surface area contributed by atoms with Gasteiger partial charge in [-0.1, -0.05) is 29.8 Å². The van der Waals surface area contributed by atoms with Gasteiger partial charge in [0.15, 0.2) is 0 Å². The van der Waals surface area contributed by atoms with Crippen molar-refractivity contribution in [2.24, 2.45) is 0 Å². The highest BCUT2D eigenvalue weighted by Crippen LogP contribution is 2.29. The second-order valence-electron chi connectivity index (χ2n) is 9.46. The number of nitrogens with one attached hydrogen (secondary N) is 3. The molecule has 0 fully saturated rings. The molecule has 4 rings (SSSR count). The Bertz CT molecular complexity index is 1630. The van der Waals surface area contributed by atoms with E-state index < -0.39 is 16.7 Å². The number of amides is 2. The quantitative estimate of drug-likeness (QED) is 0.0846. The summed E-state index contributed by atoms with van der Waals surface area (Å²) in [5, 5.41) is 20.9. The summed E-state index contributed by atoms with van der Waals surface area (Å²) >= 11 is 6.20. The first kappa shape index (κ1) is 31.8. The number of non-ortho nitro benzene ring substituents is 1. The molecule has 2 amide bonds. The molecule has 0 aliphatic heterocycles. The fourth-order valence-corrected chi connectivity index (χ4v) is 4.39. The number of anilines is 2. The normalized spacial score (nSPS) is 10.5. The van der Waals surface area contributed by atoms with Gasteiger partial charge in [-0.05, 0) is 67.1 Å². The number of halogens is 1. The standard InChI is InChI=1S/C32H31ClN4O7/c1-42-24-11-8-22(9-12-24)35-31(38)26-14-10-23(37(40)41)18-29(26)36-32(39)27-15-13-25(43-2)19-30(27)44-17-5-16-34-20-21-6-3-4-7-28(21)33/h3-4,6-15,18-19,34H,5,16-17,20H2,1-2H3,(H,35,38)(H,36,39). The molecular weight excluding hydrogens is 588 g/mol. The van der Waals surface area contributed by atoms with Crippen LogP contribution in [0.2, 0.25) is 5.02 Å². The number of hydrogen-bond donors (Lipinski definition) is 3. The Morgan fingerprint density at radius 1 is 0.841 bits per heavy atom. The summed E-state index contributed by atoms with van der Waals surface area (Å²) < 4.78 is 16.4. The summed E-state index contributed by atoms with van der Waals surface area (Å²) in [6.45, 7) is 1.52. The Hall–Kier alpha value is -5.13. The minimum Gasteiger partial charge on any atom is -0.497 e. The highest BCUT2D eigenvalue weighted by Gasteiger charge is 2.21. The van der Waals surface area contributed by atoms with Gasteiger partial charge in [-0.2, -0.15) is 0 Å². The van der Waals surface area contributed by atoms with Crippen molar-refractivity contribution in [3.63, 3.8) is 0 Å². The van der Waals surface area contributed by atoms with Crippen LogP contribution in [0.5, 0.6) is 17.2 Å². The number of carbonyl (C=O) groups is 2. The van der Waals surface area contributed by atoms with Crippen LogP contribution in [-0.2, 0) is 6.54 Å². The van der Waals surface area contributed by atoms with Crippen LogP contribution in [0.3, 0.4) is 0 Å². The molecule has 0 radical (unpaired) electrons. The average Bonchev–Trinajstić information content (AvgIpc) is 3.03. The van der Waals surface area contributed by atoms with Crippen LogP contribution in [-0.4, -0.2) is 44.1 Å². The molecule has 0 aliphatic rings. The maximum Gasteiger partial charge on any atom is 0.271 e. The molecule has 11 nitrogen and oxygen atoms in total. The minimum absolute atomic E-state index is 0.0281. The molecule has 0 saturated heterocycles. The molecule has 12 heteroatoms. The molecule has 0 spiro atoms. The molecule has 0 aromatic heterocycles. The van der Waals surface area contributed by atoms with Crippen molar-refractivity contribution < 1.29 is 28.7 Å². The van der Waals surface area contributed by atoms with Crippen molar-refractivity contribution in [2.45, 2.75) is 13.0 Å². The molecule has 0 heterocycles. The minimum atomic E-state index is -0.626. The van der Waals surface area contributed by atoms with Crippen molar-refractivity contribution in [1.29, 1.82) is 0 Å². The molecule has 44 heavy (non-hydrogen) atoms. The van der Waals surface area contributed by atoms with Gasteiger partial charge in [-0.25, -0.2) is 0 Å². The molecule has 228 valence electrons. The number of nitro benzene ring substituents is 1. The van der Waals surface area contributed by atoms with Gasteiger partial charge in [-0.15, -0.1) is 0 Å². The molecule has 0 saturated carbocycles. The summed E-state index contributed by atoms with van der Waals surface area (Å²) in [4.78, 5) is 37.5. The maximum absolute atomic E-state index is 13.5. The predicted octanol–water partition coefficient (Wildman–Crippen LogP) is 6.33. The van der Waals surface area contributed by atoms with E-state index in [0.29, 0.717) is 41.7 Å². The zero-order valence-electron chi connectivity index (χ0n) is 24.1. The first-order valence-electron chi connectivity index (χ1n) is 13.6. The number of methoxy groups -OCH3 is 2. The Balaban J connectivity index is 1.47. The van der Waals surface area contributed by atoms with Crippen molar-refractivity contribution in [1.82, 2.24) is 5.32 Å². The van der Waals surface area contributed by atoms with Crippen molar-refractivity contribution in [3.05, 3.63) is 117 Å². The highest BCUT2D eigenvalue weighted by atomic mass is 35.5. The lowest BCUT2D eigenvalue weighted by Crippen LogP contribution is -2.20. The second kappa shape index (κ2) is 15.4. The average molecular weight is 619 g/mol. The van der Waals surface area contributed by atoms with Gasteiger partial charge in [-0.3, -0.25) is 19.7 Å². The lowest BCUT2D eigenvalue weighted by molar-refractivity contribution is -0.384. The van der Waals surface area contributed by atoms with Crippen LogP contribution in [0.15, 0.2) is 84.9 Å². The number of nitrogens with zero attached hydrogens (tertiary/aromatic N) is 1. The van der Waals surface area contributed by atoms with Gasteiger partial charge in [0.25, 0.3) is 17.5 Å². The fraction of sp³-hybridized carbons (Fsp3) is 0.188. The molecule has 3 N–H and O–H groups in total. The van der Waals surface area contributed by atoms with Gasteiger partial charge >= 0.3 is 0 Å². The van der Waals surface area contributed by atoms with Crippen molar-refractivity contribution in [3.8, 4) is 17.2 Å². The van der Waals surface area contributed by atoms with E-state index >= 15 is 0 Å². The van der Waals surface area contributed by atoms with Crippen molar-refractivity contribution in [2.75, 3.05) is 38.0 Å². The van der Waals surface area contributed by atoms with Crippen LogP contribution in [0.1, 0.15) is 32.7 Å². The molecular formula is C32H31ClN4O7. The fourth-order valence-electron chi connectivity index (χ4n) is 4.19. The highest BCUT2D eigenvalue weighted by molar-refractivity contribution is 6.31. The molecule has 4 aromatic rings. The topological polar surface area (TPSA) is 141 Å². The summed E-state index contributed by atoms with van der Waals surface area (Å²) in [6, 6.07) is 22.5. The monoisotopic (exact) mass is 618 g/mol. The molecule has 0 atom stereocenters. The molecule has 4 aromatic carbocycles. The Labute approximate surface area is 259 Å². The zero-order valence-corrected chi connectivity index (χ0v) is 24.9. The van der Waals surface area contributed by atoms with E-state index in [4.69, 9.17) is 25.8 Å². The summed E-state index contributed by atoms with van der Waals surface area (Å²) in [5.41, 5.74) is 1.30. The van der Waals surface area contributed by atoms with Gasteiger partial charge in [0.05, 0.1) is 42.6 Å². The number of benzene rings is 4. The van der Waals surface area contributed by atoms with E-state index in [2.05, 4.69) is 16.0 Å². The molecule has 0 unspecified atom stereocenters. The van der Waals surface area contributed by atoms with Crippen LogP contribution >= 0.6 is 11.6 Å². The van der Waals surface area contributed by atoms with Gasteiger partial charge in [0.1, 0.15) is 17.2 Å². The number of rotatable bonds is 14. The van der Waals surface area contributed by atoms with Crippen LogP contribution in [0.4, 0.5) is 17.1 Å². The second-order valence-corrected chi connectivity index (χ2v) is 9.86. The Morgan fingerprint density at radius 2 is 1.52 bits per heavy atom. The van der Waals surface area contributed by atoms with E-state index in [1.165, 1.54) is 32.4 Å². The van der Waals surface area contributed by atoms with Crippen molar-refractivity contribution >= 4 is 40.5 Å². The lowest BCUT2D eigenvalue weighted by Gasteiger charge is -2.15. The predicted molar refractivity (Wildman–Crippen MR) is 168 cm³/mol. The molecule has 0 bridgehead atoms. The number of nitro groups is 1. The van der Waals surface area contributed by atoms with E-state index in [-0.39, 0.29) is 34.9 Å². The zero-order chi connectivity index (χ0) is 31.5. The largest absolute Gasteiger partial charge is 0.497 e. The summed E-state index contributed by atoms with van der Waals surface area (Å²) in [5.74, 6) is 0.137. The lowest BCUT2D eigenvalue weighted by atomic mass is 10.1. The Morgan fingerprint density at radius 3 is 2.23 bits per heavy atom. The third-order valence-electron chi connectivity index (χ3n) is 6.52. The van der Waals surface area contributed by atoms with Crippen LogP contribution in [0, 0.1) is 10.1 Å². The van der Waals surface area contributed by atoms with E-state index in [0.717, 1.165) is 11.6 Å². The van der Waals surface area contributed by atoms with Crippen LogP contribution < -0.4 is 30.2 Å². The van der Waals surface area contributed by atoms with Crippen LogP contribution in [0.25, 0.3) is 0 Å². The van der Waals surface area contributed by atoms with Gasteiger partial charge in [0.2, 0.25) is 0 Å². The van der Waals surface area contributed by atoms with Gasteiger partial charge < -0.3 is 30.2 Å². The number of carbonyl (C=O) groups excluding carboxylic acids is 2. The SMILES string of the molecule is COc1ccc(NC(=O)c2ccc([N+](=O)[O-])cc2NC(=O)c2ccc(OC)cc2OCCCNCc2ccccc2Cl)cc1. The van der Waals surface area contributed by atoms with E-state index in [1.54, 1.807) is 36.4 Å². The van der Waals surface area contributed by atoms with Gasteiger partial charge in [0, 0.05) is 35.5 Å². The number of hydrogen-bond acceptors (Lipinski definition) is 8. The van der Waals surface area contributed by atoms with E-state index in [9.17, 15) is 19.7 Å². The third kappa shape index (κ3) is 8.46. The summed E-state index contributed by atoms with van der Waals surface area (Å²) in [7, 11) is 3.02. The Kier molecular flexibility index (Phi) is 11.1. The maximum atomic E-state index is 13.5. The summed E-state index contributed by atoms with van der Waals surface area (Å²) in [6.07, 6.45) is 0.628. The van der Waals surface area contributed by atoms with E-state index in [1.807, 2.05) is 24.3 Å². The third-order valence-corrected chi connectivity index (χ3v) is 6.89. The first-order chi connectivity index (χ1) is 21.3. The smallest absolute Gasteiger partial charge is 0.271 e. The number of ether oxygens (including phenoxy) is 3. The molecule has 0 aliphatic carbocycles.